The van der Waals surface area contributed by atoms with Crippen LogP contribution in [-0.4, -0.2) is 31.3 Å². The van der Waals surface area contributed by atoms with Crippen LogP contribution in [0.1, 0.15) is 18.4 Å². The molecular weight excluding hydrogens is 230 g/mol. The fraction of sp³-hybridized carbons (Fsp3) is 0.500. The van der Waals surface area contributed by atoms with Gasteiger partial charge in [0.15, 0.2) is 0 Å². The van der Waals surface area contributed by atoms with Gasteiger partial charge in [0.05, 0.1) is 13.2 Å². The Morgan fingerprint density at radius 1 is 1.28 bits per heavy atom. The van der Waals surface area contributed by atoms with Crippen molar-refractivity contribution in [2.45, 2.75) is 31.4 Å². The van der Waals surface area contributed by atoms with E-state index >= 15 is 0 Å². The van der Waals surface area contributed by atoms with Gasteiger partial charge in [-0.25, -0.2) is 4.79 Å². The largest absolute Gasteiger partial charge is 0.461 e. The molecular formula is C14H17NO3. The SMILES string of the molecule is O=C(OC1CCOCC1)[C@@H]1Cc2ccccc2N1. The maximum absolute atomic E-state index is 12.1. The Balaban J connectivity index is 1.58. The zero-order valence-electron chi connectivity index (χ0n) is 10.2. The number of anilines is 1. The van der Waals surface area contributed by atoms with E-state index < -0.39 is 0 Å². The molecule has 96 valence electrons. The monoisotopic (exact) mass is 247 g/mol. The number of ether oxygens (including phenoxy) is 2. The first-order valence-electron chi connectivity index (χ1n) is 6.45. The third-order valence-corrected chi connectivity index (χ3v) is 3.51. The Kier molecular flexibility index (Phi) is 3.19. The number of fused-ring (bicyclic) bond motifs is 1. The summed E-state index contributed by atoms with van der Waals surface area (Å²) >= 11 is 0. The van der Waals surface area contributed by atoms with Crippen LogP contribution >= 0.6 is 0 Å². The molecule has 0 unspecified atom stereocenters. The molecule has 0 aromatic heterocycles. The third kappa shape index (κ3) is 2.34. The number of carbonyl (C=O) groups is 1. The van der Waals surface area contributed by atoms with E-state index in [1.807, 2.05) is 24.3 Å². The van der Waals surface area contributed by atoms with Gasteiger partial charge in [0.25, 0.3) is 0 Å². The lowest BCUT2D eigenvalue weighted by atomic mass is 10.1. The van der Waals surface area contributed by atoms with Gasteiger partial charge in [-0.3, -0.25) is 0 Å². The van der Waals surface area contributed by atoms with Crippen LogP contribution in [0.4, 0.5) is 5.69 Å². The average Bonchev–Trinajstić information content (AvgIpc) is 2.84. The van der Waals surface area contributed by atoms with Crippen LogP contribution in [0.25, 0.3) is 0 Å². The summed E-state index contributed by atoms with van der Waals surface area (Å²) in [6.07, 6.45) is 2.37. The first kappa shape index (κ1) is 11.5. The molecule has 1 aromatic rings. The number of rotatable bonds is 2. The normalized spacial score (nSPS) is 23.2. The summed E-state index contributed by atoms with van der Waals surface area (Å²) in [5, 5.41) is 3.22. The predicted octanol–water partition coefficient (Wildman–Crippen LogP) is 1.75. The zero-order chi connectivity index (χ0) is 12.4. The smallest absolute Gasteiger partial charge is 0.329 e. The molecule has 0 amide bonds. The maximum atomic E-state index is 12.1. The van der Waals surface area contributed by atoms with Crippen molar-refractivity contribution >= 4 is 11.7 Å². The van der Waals surface area contributed by atoms with Crippen molar-refractivity contribution in [3.8, 4) is 0 Å². The van der Waals surface area contributed by atoms with E-state index in [0.29, 0.717) is 13.2 Å². The molecule has 2 heterocycles. The fourth-order valence-corrected chi connectivity index (χ4v) is 2.48. The average molecular weight is 247 g/mol. The van der Waals surface area contributed by atoms with Crippen molar-refractivity contribution in [2.24, 2.45) is 0 Å². The predicted molar refractivity (Wildman–Crippen MR) is 67.5 cm³/mol. The Morgan fingerprint density at radius 2 is 2.06 bits per heavy atom. The van der Waals surface area contributed by atoms with Crippen LogP contribution in [0.5, 0.6) is 0 Å². The van der Waals surface area contributed by atoms with E-state index in [1.54, 1.807) is 0 Å². The van der Waals surface area contributed by atoms with E-state index in [4.69, 9.17) is 9.47 Å². The molecule has 0 aliphatic carbocycles. The lowest BCUT2D eigenvalue weighted by Gasteiger charge is -2.23. The minimum absolute atomic E-state index is 0.0248. The molecule has 4 heteroatoms. The van der Waals surface area contributed by atoms with Crippen LogP contribution in [0.15, 0.2) is 24.3 Å². The number of hydrogen-bond donors (Lipinski definition) is 1. The van der Waals surface area contributed by atoms with Crippen molar-refractivity contribution in [3.63, 3.8) is 0 Å². The van der Waals surface area contributed by atoms with Gasteiger partial charge in [0.1, 0.15) is 12.1 Å². The van der Waals surface area contributed by atoms with Gasteiger partial charge < -0.3 is 14.8 Å². The van der Waals surface area contributed by atoms with Crippen LogP contribution in [-0.2, 0) is 20.7 Å². The van der Waals surface area contributed by atoms with E-state index in [9.17, 15) is 4.79 Å². The number of esters is 1. The summed E-state index contributed by atoms with van der Waals surface area (Å²) in [5.74, 6) is -0.141. The number of para-hydroxylation sites is 1. The summed E-state index contributed by atoms with van der Waals surface area (Å²) in [4.78, 5) is 12.1. The molecule has 3 rings (SSSR count). The van der Waals surface area contributed by atoms with Crippen molar-refractivity contribution in [2.75, 3.05) is 18.5 Å². The van der Waals surface area contributed by atoms with Gasteiger partial charge in [-0.2, -0.15) is 0 Å². The molecule has 0 bridgehead atoms. The van der Waals surface area contributed by atoms with Crippen LogP contribution < -0.4 is 5.32 Å². The number of carbonyl (C=O) groups excluding carboxylic acids is 1. The topological polar surface area (TPSA) is 47.6 Å². The molecule has 1 N–H and O–H groups in total. The first-order valence-corrected chi connectivity index (χ1v) is 6.45. The van der Waals surface area contributed by atoms with E-state index in [0.717, 1.165) is 24.9 Å². The van der Waals surface area contributed by atoms with Crippen LogP contribution in [0.2, 0.25) is 0 Å². The zero-order valence-corrected chi connectivity index (χ0v) is 10.2. The second kappa shape index (κ2) is 4.98. The molecule has 1 aromatic carbocycles. The highest BCUT2D eigenvalue weighted by molar-refractivity contribution is 5.83. The highest BCUT2D eigenvalue weighted by Crippen LogP contribution is 2.26. The maximum Gasteiger partial charge on any atom is 0.329 e. The fourth-order valence-electron chi connectivity index (χ4n) is 2.48. The van der Waals surface area contributed by atoms with Crippen LogP contribution in [0.3, 0.4) is 0 Å². The molecule has 0 saturated carbocycles. The molecule has 2 aliphatic heterocycles. The third-order valence-electron chi connectivity index (χ3n) is 3.51. The lowest BCUT2D eigenvalue weighted by molar-refractivity contribution is -0.153. The first-order chi connectivity index (χ1) is 8.83. The molecule has 0 spiro atoms. The molecule has 1 fully saturated rings. The van der Waals surface area contributed by atoms with Crippen molar-refractivity contribution in [3.05, 3.63) is 29.8 Å². The van der Waals surface area contributed by atoms with Gasteiger partial charge in [0, 0.05) is 24.9 Å². The number of nitrogens with one attached hydrogen (secondary N) is 1. The molecule has 4 nitrogen and oxygen atoms in total. The van der Waals surface area contributed by atoms with Gasteiger partial charge in [0.2, 0.25) is 0 Å². The Morgan fingerprint density at radius 3 is 2.83 bits per heavy atom. The Labute approximate surface area is 106 Å². The van der Waals surface area contributed by atoms with Crippen molar-refractivity contribution in [1.29, 1.82) is 0 Å². The second-order valence-electron chi connectivity index (χ2n) is 4.81. The quantitative estimate of drug-likeness (QED) is 0.809. The van der Waals surface area contributed by atoms with Gasteiger partial charge in [-0.15, -0.1) is 0 Å². The molecule has 0 radical (unpaired) electrons. The highest BCUT2D eigenvalue weighted by atomic mass is 16.6. The summed E-state index contributed by atoms with van der Waals surface area (Å²) in [6, 6.07) is 7.77. The Bertz CT molecular complexity index is 415. The minimum Gasteiger partial charge on any atom is -0.461 e. The molecule has 18 heavy (non-hydrogen) atoms. The number of hydrogen-bond acceptors (Lipinski definition) is 4. The summed E-state index contributed by atoms with van der Waals surface area (Å²) in [7, 11) is 0. The summed E-state index contributed by atoms with van der Waals surface area (Å²) < 4.78 is 10.8. The Hall–Kier alpha value is -1.55. The highest BCUT2D eigenvalue weighted by Gasteiger charge is 2.29. The van der Waals surface area contributed by atoms with Gasteiger partial charge in [-0.05, 0) is 11.6 Å². The summed E-state index contributed by atoms with van der Waals surface area (Å²) in [5.41, 5.74) is 2.23. The molecule has 2 aliphatic rings. The van der Waals surface area contributed by atoms with Gasteiger partial charge in [-0.1, -0.05) is 18.2 Å². The van der Waals surface area contributed by atoms with E-state index in [-0.39, 0.29) is 18.1 Å². The summed E-state index contributed by atoms with van der Waals surface area (Å²) in [6.45, 7) is 1.38. The van der Waals surface area contributed by atoms with Crippen molar-refractivity contribution < 1.29 is 14.3 Å². The second-order valence-corrected chi connectivity index (χ2v) is 4.81. The minimum atomic E-state index is -0.231. The molecule has 1 atom stereocenters. The van der Waals surface area contributed by atoms with Crippen LogP contribution in [0, 0.1) is 0 Å². The lowest BCUT2D eigenvalue weighted by Crippen LogP contribution is -2.34. The van der Waals surface area contributed by atoms with Gasteiger partial charge >= 0.3 is 5.97 Å². The van der Waals surface area contributed by atoms with Crippen molar-refractivity contribution in [1.82, 2.24) is 0 Å². The standard InChI is InChI=1S/C14H17NO3/c16-14(18-11-5-7-17-8-6-11)13-9-10-3-1-2-4-12(10)15-13/h1-4,11,13,15H,5-9H2/t13-/m0/s1. The molecule has 1 saturated heterocycles. The van der Waals surface area contributed by atoms with E-state index in [1.165, 1.54) is 5.56 Å². The number of benzene rings is 1. The van der Waals surface area contributed by atoms with E-state index in [2.05, 4.69) is 5.32 Å².